The fourth-order valence-corrected chi connectivity index (χ4v) is 4.77. The highest BCUT2D eigenvalue weighted by molar-refractivity contribution is 5.78. The number of likely N-dealkylation sites (tertiary alicyclic amines) is 1. The van der Waals surface area contributed by atoms with Crippen LogP contribution in [0.4, 0.5) is 21.8 Å². The molecule has 0 unspecified atom stereocenters. The number of oxazole rings is 1. The van der Waals surface area contributed by atoms with Crippen LogP contribution in [0.3, 0.4) is 0 Å². The van der Waals surface area contributed by atoms with Crippen LogP contribution in [0.25, 0.3) is 11.1 Å². The van der Waals surface area contributed by atoms with Gasteiger partial charge in [-0.25, -0.2) is 14.2 Å². The molecule has 3 aromatic rings. The van der Waals surface area contributed by atoms with Crippen molar-refractivity contribution >= 4 is 28.6 Å². The molecule has 2 N–H and O–H groups in total. The van der Waals surface area contributed by atoms with Crippen molar-refractivity contribution in [2.75, 3.05) is 17.7 Å². The molecular formula is C23H31FN6O2. The number of nitrogens with one attached hydrogen (secondary N) is 2. The number of aromatic nitrogens is 3. The number of rotatable bonds is 5. The lowest BCUT2D eigenvalue weighted by molar-refractivity contribution is -0.00778. The summed E-state index contributed by atoms with van der Waals surface area (Å²) in [7, 11) is 2.14. The van der Waals surface area contributed by atoms with Gasteiger partial charge in [0, 0.05) is 35.4 Å². The van der Waals surface area contributed by atoms with Crippen molar-refractivity contribution in [1.29, 1.82) is 0 Å². The van der Waals surface area contributed by atoms with E-state index in [1.165, 1.54) is 0 Å². The van der Waals surface area contributed by atoms with Gasteiger partial charge in [-0.1, -0.05) is 0 Å². The topological polar surface area (TPSA) is 88.2 Å². The minimum atomic E-state index is -0.494. The van der Waals surface area contributed by atoms with Gasteiger partial charge in [0.05, 0.1) is 11.7 Å². The van der Waals surface area contributed by atoms with Crippen molar-refractivity contribution in [2.24, 2.45) is 0 Å². The summed E-state index contributed by atoms with van der Waals surface area (Å²) in [6.07, 6.45) is 2.89. The average molecular weight is 443 g/mol. The van der Waals surface area contributed by atoms with Gasteiger partial charge in [0.25, 0.3) is 0 Å². The van der Waals surface area contributed by atoms with E-state index < -0.39 is 11.6 Å². The monoisotopic (exact) mass is 442 g/mol. The Morgan fingerprint density at radius 2 is 1.91 bits per heavy atom. The third kappa shape index (κ3) is 4.09. The lowest BCUT2D eigenvalue weighted by Gasteiger charge is -2.53. The second-order valence-corrected chi connectivity index (χ2v) is 9.74. The number of anilines is 3. The average Bonchev–Trinajstić information content (AvgIpc) is 3.02. The smallest absolute Gasteiger partial charge is 0.408 e. The Bertz CT molecular complexity index is 1180. The highest BCUT2D eigenvalue weighted by atomic mass is 19.1. The van der Waals surface area contributed by atoms with Gasteiger partial charge in [0.2, 0.25) is 5.95 Å². The molecule has 0 spiro atoms. The molecule has 8 nitrogen and oxygen atoms in total. The summed E-state index contributed by atoms with van der Waals surface area (Å²) >= 11 is 0. The predicted octanol–water partition coefficient (Wildman–Crippen LogP) is 4.35. The number of nitrogens with zero attached hydrogens (tertiary/aromatic N) is 4. The zero-order chi connectivity index (χ0) is 23.3. The predicted molar refractivity (Wildman–Crippen MR) is 124 cm³/mol. The van der Waals surface area contributed by atoms with Crippen molar-refractivity contribution in [1.82, 2.24) is 19.4 Å². The third-order valence-corrected chi connectivity index (χ3v) is 6.63. The maximum Gasteiger partial charge on any atom is 0.419 e. The molecule has 0 bridgehead atoms. The molecule has 0 radical (unpaired) electrons. The van der Waals surface area contributed by atoms with E-state index in [2.05, 4.69) is 60.2 Å². The molecule has 32 heavy (non-hydrogen) atoms. The van der Waals surface area contributed by atoms with E-state index in [1.807, 2.05) is 13.0 Å². The molecule has 2 aromatic heterocycles. The number of hydrogen-bond donors (Lipinski definition) is 2. The molecule has 3 heterocycles. The molecule has 0 saturated carbocycles. The molecule has 172 valence electrons. The Labute approximate surface area is 186 Å². The van der Waals surface area contributed by atoms with Crippen LogP contribution in [0.5, 0.6) is 0 Å². The molecule has 4 rings (SSSR count). The largest absolute Gasteiger partial charge is 0.419 e. The molecule has 1 aromatic carbocycles. The third-order valence-electron chi connectivity index (χ3n) is 6.63. The number of piperidine rings is 1. The Kier molecular flexibility index (Phi) is 5.48. The first-order valence-electron chi connectivity index (χ1n) is 10.9. The van der Waals surface area contributed by atoms with Crippen LogP contribution in [-0.4, -0.2) is 43.6 Å². The van der Waals surface area contributed by atoms with Gasteiger partial charge >= 0.3 is 5.76 Å². The summed E-state index contributed by atoms with van der Waals surface area (Å²) < 4.78 is 21.4. The fourth-order valence-electron chi connectivity index (χ4n) is 4.77. The molecule has 9 heteroatoms. The zero-order valence-electron chi connectivity index (χ0n) is 19.5. The van der Waals surface area contributed by atoms with E-state index in [4.69, 9.17) is 4.42 Å². The SMILES string of the molecule is CCn1c(=O)oc2cc(Nc3ncc(F)c(NC4CC(C)(C)N(C)C(C)(C)C4)n3)ccc21. The lowest BCUT2D eigenvalue weighted by Crippen LogP contribution is -2.61. The van der Waals surface area contributed by atoms with Crippen LogP contribution in [-0.2, 0) is 6.54 Å². The Morgan fingerprint density at radius 3 is 2.56 bits per heavy atom. The fraction of sp³-hybridized carbons (Fsp3) is 0.522. The number of fused-ring (bicyclic) bond motifs is 1. The summed E-state index contributed by atoms with van der Waals surface area (Å²) in [4.78, 5) is 22.7. The van der Waals surface area contributed by atoms with E-state index in [9.17, 15) is 9.18 Å². The van der Waals surface area contributed by atoms with Gasteiger partial charge in [-0.15, -0.1) is 0 Å². The molecule has 0 aliphatic carbocycles. The quantitative estimate of drug-likeness (QED) is 0.607. The highest BCUT2D eigenvalue weighted by Crippen LogP contribution is 2.38. The van der Waals surface area contributed by atoms with Gasteiger partial charge in [-0.2, -0.15) is 4.98 Å². The van der Waals surface area contributed by atoms with Gasteiger partial charge in [0.15, 0.2) is 17.2 Å². The van der Waals surface area contributed by atoms with Gasteiger partial charge in [-0.05, 0) is 66.6 Å². The summed E-state index contributed by atoms with van der Waals surface area (Å²) in [6, 6.07) is 5.40. The zero-order valence-corrected chi connectivity index (χ0v) is 19.5. The number of benzene rings is 1. The van der Waals surface area contributed by atoms with Crippen molar-refractivity contribution in [3.05, 3.63) is 40.8 Å². The van der Waals surface area contributed by atoms with Crippen LogP contribution >= 0.6 is 0 Å². The van der Waals surface area contributed by atoms with Crippen molar-refractivity contribution in [2.45, 2.75) is 71.1 Å². The molecule has 1 saturated heterocycles. The van der Waals surface area contributed by atoms with Crippen LogP contribution in [0.1, 0.15) is 47.5 Å². The molecule has 1 aliphatic rings. The number of aryl methyl sites for hydroxylation is 1. The first-order chi connectivity index (χ1) is 15.0. The van der Waals surface area contributed by atoms with Gasteiger partial charge in [0.1, 0.15) is 0 Å². The van der Waals surface area contributed by atoms with Crippen LogP contribution < -0.4 is 16.4 Å². The van der Waals surface area contributed by atoms with E-state index in [0.717, 1.165) is 24.6 Å². The van der Waals surface area contributed by atoms with E-state index in [0.29, 0.717) is 17.8 Å². The minimum Gasteiger partial charge on any atom is -0.408 e. The lowest BCUT2D eigenvalue weighted by atomic mass is 9.77. The van der Waals surface area contributed by atoms with Crippen LogP contribution in [0.15, 0.2) is 33.6 Å². The van der Waals surface area contributed by atoms with Gasteiger partial charge < -0.3 is 15.1 Å². The minimum absolute atomic E-state index is 0.0295. The number of halogens is 1. The summed E-state index contributed by atoms with van der Waals surface area (Å²) in [6.45, 7) is 11.2. The van der Waals surface area contributed by atoms with Crippen LogP contribution in [0, 0.1) is 5.82 Å². The van der Waals surface area contributed by atoms with Crippen molar-refractivity contribution in [3.8, 4) is 0 Å². The van der Waals surface area contributed by atoms with E-state index >= 15 is 0 Å². The van der Waals surface area contributed by atoms with Crippen molar-refractivity contribution < 1.29 is 8.81 Å². The Morgan fingerprint density at radius 1 is 1.22 bits per heavy atom. The summed E-state index contributed by atoms with van der Waals surface area (Å²) in [5.41, 5.74) is 1.78. The standard InChI is InChI=1S/C23H31FN6O2/c1-7-30-17-9-8-14(10-18(17)32-21(30)31)27-20-25-13-16(24)19(28-20)26-15-11-22(2,3)29(6)23(4,5)12-15/h8-10,13,15H,7,11-12H2,1-6H3,(H2,25,26,27,28). The molecule has 1 aliphatic heterocycles. The van der Waals surface area contributed by atoms with Gasteiger partial charge in [-0.3, -0.25) is 9.47 Å². The van der Waals surface area contributed by atoms with Crippen LogP contribution in [0.2, 0.25) is 0 Å². The summed E-state index contributed by atoms with van der Waals surface area (Å²) in [5, 5.41) is 6.38. The Hall–Kier alpha value is -2.94. The molecule has 1 fully saturated rings. The second-order valence-electron chi connectivity index (χ2n) is 9.74. The first-order valence-corrected chi connectivity index (χ1v) is 10.9. The molecular weight excluding hydrogens is 411 g/mol. The van der Waals surface area contributed by atoms with Crippen molar-refractivity contribution in [3.63, 3.8) is 0 Å². The Balaban J connectivity index is 1.56. The molecule has 0 amide bonds. The normalized spacial score (nSPS) is 18.7. The molecule has 0 atom stereocenters. The maximum absolute atomic E-state index is 14.5. The maximum atomic E-state index is 14.5. The van der Waals surface area contributed by atoms with E-state index in [1.54, 1.807) is 16.7 Å². The first kappa shape index (κ1) is 22.3. The highest BCUT2D eigenvalue weighted by Gasteiger charge is 2.43. The van der Waals surface area contributed by atoms with E-state index in [-0.39, 0.29) is 28.9 Å². The summed E-state index contributed by atoms with van der Waals surface area (Å²) in [5.74, 6) is -0.454. The second kappa shape index (κ2) is 7.88. The number of hydrogen-bond acceptors (Lipinski definition) is 7.